The van der Waals surface area contributed by atoms with E-state index < -0.39 is 16.4 Å². The number of amides is 1. The Labute approximate surface area is 122 Å². The van der Waals surface area contributed by atoms with Crippen LogP contribution < -0.4 is 0 Å². The molecule has 0 aromatic heterocycles. The van der Waals surface area contributed by atoms with E-state index in [9.17, 15) is 19.3 Å². The fraction of sp³-hybridized carbons (Fsp3) is 0.533. The third-order valence-electron chi connectivity index (χ3n) is 4.17. The molecule has 0 bridgehead atoms. The summed E-state index contributed by atoms with van der Waals surface area (Å²) in [6.07, 6.45) is 4.14. The minimum absolute atomic E-state index is 0.152. The van der Waals surface area contributed by atoms with Gasteiger partial charge in [0.1, 0.15) is 0 Å². The van der Waals surface area contributed by atoms with Gasteiger partial charge in [-0.2, -0.15) is 4.39 Å². The van der Waals surface area contributed by atoms with Gasteiger partial charge in [0.25, 0.3) is 5.91 Å². The first-order chi connectivity index (χ1) is 9.90. The van der Waals surface area contributed by atoms with Gasteiger partial charge in [0.15, 0.2) is 0 Å². The van der Waals surface area contributed by atoms with E-state index in [1.54, 1.807) is 11.9 Å². The minimum atomic E-state index is -0.976. The Morgan fingerprint density at radius 3 is 2.71 bits per heavy atom. The Bertz CT molecular complexity index is 562. The van der Waals surface area contributed by atoms with E-state index in [4.69, 9.17) is 0 Å². The predicted octanol–water partition coefficient (Wildman–Crippen LogP) is 3.38. The molecule has 1 aliphatic rings. The lowest BCUT2D eigenvalue weighted by molar-refractivity contribution is -0.387. The number of hydrogen-bond donors (Lipinski definition) is 0. The summed E-state index contributed by atoms with van der Waals surface area (Å²) >= 11 is 0. The lowest BCUT2D eigenvalue weighted by Gasteiger charge is -2.34. The molecule has 1 aliphatic carbocycles. The molecule has 0 N–H and O–H groups in total. The van der Waals surface area contributed by atoms with Gasteiger partial charge in [0, 0.05) is 24.7 Å². The van der Waals surface area contributed by atoms with Crippen LogP contribution in [-0.2, 0) is 0 Å². The number of carbonyl (C=O) groups is 1. The van der Waals surface area contributed by atoms with Gasteiger partial charge in [-0.15, -0.1) is 0 Å². The van der Waals surface area contributed by atoms with Crippen LogP contribution in [0.5, 0.6) is 0 Å². The molecule has 2 atom stereocenters. The van der Waals surface area contributed by atoms with Crippen molar-refractivity contribution in [1.82, 2.24) is 4.90 Å². The minimum Gasteiger partial charge on any atom is -0.339 e. The standard InChI is InChI=1S/C15H19FN2O3/c1-10-4-3-5-12(8-10)17(2)15(19)11-6-7-14(18(20)21)13(16)9-11/h6-7,9-10,12H,3-5,8H2,1-2H3. The quantitative estimate of drug-likeness (QED) is 0.634. The number of nitrogens with zero attached hydrogens (tertiary/aromatic N) is 2. The Balaban J connectivity index is 2.15. The molecule has 6 heteroatoms. The summed E-state index contributed by atoms with van der Waals surface area (Å²) in [7, 11) is 1.71. The van der Waals surface area contributed by atoms with E-state index in [1.807, 2.05) is 0 Å². The summed E-state index contributed by atoms with van der Waals surface area (Å²) in [5, 5.41) is 10.6. The van der Waals surface area contributed by atoms with E-state index in [-0.39, 0.29) is 17.5 Å². The predicted molar refractivity (Wildman–Crippen MR) is 76.6 cm³/mol. The van der Waals surface area contributed by atoms with Gasteiger partial charge in [-0.25, -0.2) is 0 Å². The molecule has 0 spiro atoms. The Hall–Kier alpha value is -1.98. The van der Waals surface area contributed by atoms with Gasteiger partial charge in [-0.05, 0) is 30.9 Å². The van der Waals surface area contributed by atoms with Crippen molar-refractivity contribution in [2.75, 3.05) is 7.05 Å². The third-order valence-corrected chi connectivity index (χ3v) is 4.17. The van der Waals surface area contributed by atoms with Crippen LogP contribution in [0.15, 0.2) is 18.2 Å². The van der Waals surface area contributed by atoms with Crippen LogP contribution in [0.4, 0.5) is 10.1 Å². The van der Waals surface area contributed by atoms with Crippen LogP contribution in [0, 0.1) is 21.8 Å². The number of nitro groups is 1. The average Bonchev–Trinajstić information content (AvgIpc) is 2.45. The number of rotatable bonds is 3. The molecule has 1 saturated carbocycles. The molecular weight excluding hydrogens is 275 g/mol. The fourth-order valence-corrected chi connectivity index (χ4v) is 2.91. The molecule has 21 heavy (non-hydrogen) atoms. The van der Waals surface area contributed by atoms with Crippen molar-refractivity contribution in [2.24, 2.45) is 5.92 Å². The SMILES string of the molecule is CC1CCCC(N(C)C(=O)c2ccc([N+](=O)[O-])c(F)c2)C1. The van der Waals surface area contributed by atoms with Crippen molar-refractivity contribution < 1.29 is 14.1 Å². The maximum Gasteiger partial charge on any atom is 0.304 e. The van der Waals surface area contributed by atoms with Crippen molar-refractivity contribution in [1.29, 1.82) is 0 Å². The maximum absolute atomic E-state index is 13.6. The normalized spacial score (nSPS) is 21.9. The molecule has 0 aliphatic heterocycles. The van der Waals surface area contributed by atoms with Crippen LogP contribution in [0.3, 0.4) is 0 Å². The Kier molecular flexibility index (Phi) is 4.55. The highest BCUT2D eigenvalue weighted by Gasteiger charge is 2.27. The monoisotopic (exact) mass is 294 g/mol. The fourth-order valence-electron chi connectivity index (χ4n) is 2.91. The molecule has 0 saturated heterocycles. The van der Waals surface area contributed by atoms with Gasteiger partial charge < -0.3 is 4.90 Å². The first kappa shape index (κ1) is 15.4. The molecular formula is C15H19FN2O3. The Morgan fingerprint density at radius 1 is 1.43 bits per heavy atom. The van der Waals surface area contributed by atoms with E-state index in [2.05, 4.69) is 6.92 Å². The lowest BCUT2D eigenvalue weighted by Crippen LogP contribution is -2.39. The Morgan fingerprint density at radius 2 is 2.14 bits per heavy atom. The van der Waals surface area contributed by atoms with Gasteiger partial charge >= 0.3 is 5.69 Å². The second kappa shape index (κ2) is 6.20. The van der Waals surface area contributed by atoms with Crippen molar-refractivity contribution in [2.45, 2.75) is 38.6 Å². The van der Waals surface area contributed by atoms with Gasteiger partial charge in [0.2, 0.25) is 5.82 Å². The molecule has 2 unspecified atom stereocenters. The second-order valence-electron chi connectivity index (χ2n) is 5.76. The first-order valence-corrected chi connectivity index (χ1v) is 7.11. The van der Waals surface area contributed by atoms with Crippen molar-refractivity contribution in [3.63, 3.8) is 0 Å². The molecule has 0 radical (unpaired) electrons. The maximum atomic E-state index is 13.6. The average molecular weight is 294 g/mol. The number of carbonyl (C=O) groups excluding carboxylic acids is 1. The van der Waals surface area contributed by atoms with Gasteiger partial charge in [-0.1, -0.05) is 19.8 Å². The summed E-state index contributed by atoms with van der Waals surface area (Å²) in [5.74, 6) is -0.688. The van der Waals surface area contributed by atoms with Crippen molar-refractivity contribution in [3.8, 4) is 0 Å². The van der Waals surface area contributed by atoms with Crippen LogP contribution in [0.25, 0.3) is 0 Å². The number of nitro benzene ring substituents is 1. The van der Waals surface area contributed by atoms with Crippen LogP contribution in [-0.4, -0.2) is 28.8 Å². The first-order valence-electron chi connectivity index (χ1n) is 7.11. The highest BCUT2D eigenvalue weighted by Crippen LogP contribution is 2.28. The molecule has 1 aromatic rings. The van der Waals surface area contributed by atoms with Crippen molar-refractivity contribution in [3.05, 3.63) is 39.7 Å². The molecule has 114 valence electrons. The topological polar surface area (TPSA) is 63.5 Å². The number of benzene rings is 1. The molecule has 0 heterocycles. The highest BCUT2D eigenvalue weighted by atomic mass is 19.1. The summed E-state index contributed by atoms with van der Waals surface area (Å²) in [4.78, 5) is 23.8. The van der Waals surface area contributed by atoms with E-state index in [1.165, 1.54) is 12.5 Å². The second-order valence-corrected chi connectivity index (χ2v) is 5.76. The zero-order valence-electron chi connectivity index (χ0n) is 12.2. The van der Waals surface area contributed by atoms with E-state index >= 15 is 0 Å². The smallest absolute Gasteiger partial charge is 0.304 e. The number of hydrogen-bond acceptors (Lipinski definition) is 3. The molecule has 1 amide bonds. The van der Waals surface area contributed by atoms with Crippen molar-refractivity contribution >= 4 is 11.6 Å². The molecule has 2 rings (SSSR count). The third kappa shape index (κ3) is 3.37. The largest absolute Gasteiger partial charge is 0.339 e. The molecule has 5 nitrogen and oxygen atoms in total. The van der Waals surface area contributed by atoms with Gasteiger partial charge in [0.05, 0.1) is 4.92 Å². The van der Waals surface area contributed by atoms with Crippen LogP contribution >= 0.6 is 0 Å². The summed E-state index contributed by atoms with van der Waals surface area (Å²) in [6, 6.07) is 3.45. The van der Waals surface area contributed by atoms with E-state index in [0.29, 0.717) is 5.92 Å². The zero-order chi connectivity index (χ0) is 15.6. The number of halogens is 1. The van der Waals surface area contributed by atoms with Gasteiger partial charge in [-0.3, -0.25) is 14.9 Å². The van der Waals surface area contributed by atoms with E-state index in [0.717, 1.165) is 31.4 Å². The van der Waals surface area contributed by atoms with Crippen LogP contribution in [0.2, 0.25) is 0 Å². The lowest BCUT2D eigenvalue weighted by atomic mass is 9.86. The molecule has 1 aromatic carbocycles. The molecule has 1 fully saturated rings. The summed E-state index contributed by atoms with van der Waals surface area (Å²) in [5.41, 5.74) is -0.459. The summed E-state index contributed by atoms with van der Waals surface area (Å²) in [6.45, 7) is 2.16. The van der Waals surface area contributed by atoms with Crippen LogP contribution in [0.1, 0.15) is 43.0 Å². The zero-order valence-corrected chi connectivity index (χ0v) is 12.2. The highest BCUT2D eigenvalue weighted by molar-refractivity contribution is 5.94. The summed E-state index contributed by atoms with van der Waals surface area (Å²) < 4.78 is 13.6.